The third kappa shape index (κ3) is 7.02. The highest BCUT2D eigenvalue weighted by Crippen LogP contribution is 2.39. The number of amides is 3. The van der Waals surface area contributed by atoms with Crippen molar-refractivity contribution in [2.24, 2.45) is 0 Å². The molecule has 5 aromatic rings. The standard InChI is InChI=1S/C33H30F2N8O2.C2H6/c1-19-11-12-21(31(44)39-27-16-20-7-4-5-8-22(20)17-37-27)15-23(19)28-24-18-38-33(45)43(29-25(34)9-6-10-26(29)35)30(24)41-32(40-28)36-13-14-42(2)3;1-2/h4-12,15-17H,13-14,18H2,1-3H3,(H,38,45)(H,36,40,41)(H,37,39,44);1-2H3. The van der Waals surface area contributed by atoms with E-state index in [1.54, 1.807) is 30.5 Å². The highest BCUT2D eigenvalue weighted by atomic mass is 19.1. The van der Waals surface area contributed by atoms with E-state index >= 15 is 8.78 Å². The number of carbonyl (C=O) groups is 2. The van der Waals surface area contributed by atoms with Crippen LogP contribution in [0, 0.1) is 18.6 Å². The van der Waals surface area contributed by atoms with Gasteiger partial charge in [-0.2, -0.15) is 4.98 Å². The molecule has 0 fully saturated rings. The van der Waals surface area contributed by atoms with Crippen LogP contribution in [0.1, 0.15) is 35.3 Å². The van der Waals surface area contributed by atoms with Gasteiger partial charge in [0.2, 0.25) is 5.95 Å². The van der Waals surface area contributed by atoms with E-state index in [-0.39, 0.29) is 24.2 Å². The average molecular weight is 639 g/mol. The van der Waals surface area contributed by atoms with Gasteiger partial charge in [-0.05, 0) is 62.3 Å². The van der Waals surface area contributed by atoms with Crippen LogP contribution < -0.4 is 20.9 Å². The quantitative estimate of drug-likeness (QED) is 0.170. The van der Waals surface area contributed by atoms with E-state index in [2.05, 4.69) is 25.9 Å². The molecule has 10 nitrogen and oxygen atoms in total. The maximum Gasteiger partial charge on any atom is 0.328 e. The normalized spacial score (nSPS) is 12.3. The Hall–Kier alpha value is -5.49. The van der Waals surface area contributed by atoms with Crippen molar-refractivity contribution < 1.29 is 18.4 Å². The van der Waals surface area contributed by atoms with Crippen molar-refractivity contribution in [2.75, 3.05) is 42.7 Å². The molecule has 3 N–H and O–H groups in total. The Morgan fingerprint density at radius 2 is 1.70 bits per heavy atom. The van der Waals surface area contributed by atoms with E-state index in [4.69, 9.17) is 4.98 Å². The number of carbonyl (C=O) groups excluding carboxylic acids is 2. The summed E-state index contributed by atoms with van der Waals surface area (Å²) in [4.78, 5) is 43.1. The average Bonchev–Trinajstić information content (AvgIpc) is 3.06. The molecular weight excluding hydrogens is 602 g/mol. The largest absolute Gasteiger partial charge is 0.353 e. The maximum absolute atomic E-state index is 15.0. The smallest absolute Gasteiger partial charge is 0.328 e. The summed E-state index contributed by atoms with van der Waals surface area (Å²) in [5.74, 6) is -1.62. The highest BCUT2D eigenvalue weighted by Gasteiger charge is 2.34. The minimum absolute atomic E-state index is 0.00488. The number of para-hydroxylation sites is 1. The predicted molar refractivity (Wildman–Crippen MR) is 181 cm³/mol. The van der Waals surface area contributed by atoms with Gasteiger partial charge in [-0.15, -0.1) is 0 Å². The third-order valence-corrected chi connectivity index (χ3v) is 7.45. The van der Waals surface area contributed by atoms with E-state index in [1.807, 2.05) is 64.0 Å². The van der Waals surface area contributed by atoms with E-state index < -0.39 is 23.4 Å². The van der Waals surface area contributed by atoms with Crippen molar-refractivity contribution in [2.45, 2.75) is 27.3 Å². The molecule has 0 bridgehead atoms. The Balaban J connectivity index is 0.00000213. The number of nitrogens with one attached hydrogen (secondary N) is 3. The SMILES string of the molecule is CC.Cc1ccc(C(=O)Nc2cc3ccccc3cn2)cc1-c1nc(NCCN(C)C)nc2c1CNC(=O)N2c1c(F)cccc1F. The monoisotopic (exact) mass is 638 g/mol. The molecule has 0 atom stereocenters. The van der Waals surface area contributed by atoms with Gasteiger partial charge in [-0.25, -0.2) is 28.4 Å². The number of fused-ring (bicyclic) bond motifs is 2. The topological polar surface area (TPSA) is 115 Å². The van der Waals surface area contributed by atoms with E-state index in [0.717, 1.165) is 33.4 Å². The Morgan fingerprint density at radius 3 is 2.43 bits per heavy atom. The molecule has 12 heteroatoms. The zero-order valence-corrected chi connectivity index (χ0v) is 26.9. The van der Waals surface area contributed by atoms with Crippen LogP contribution in [0.25, 0.3) is 22.0 Å². The van der Waals surface area contributed by atoms with Crippen LogP contribution in [0.5, 0.6) is 0 Å². The number of aromatic nitrogens is 3. The number of rotatable bonds is 8. The van der Waals surface area contributed by atoms with E-state index in [1.165, 1.54) is 6.07 Å². The predicted octanol–water partition coefficient (Wildman–Crippen LogP) is 6.89. The van der Waals surface area contributed by atoms with Gasteiger partial charge in [-0.1, -0.05) is 50.2 Å². The van der Waals surface area contributed by atoms with Gasteiger partial charge in [-0.3, -0.25) is 4.79 Å². The van der Waals surface area contributed by atoms with Gasteiger partial charge >= 0.3 is 6.03 Å². The number of likely N-dealkylation sites (N-methyl/N-ethyl adjacent to an activating group) is 1. The number of hydrogen-bond donors (Lipinski definition) is 3. The van der Waals surface area contributed by atoms with Crippen LogP contribution in [0.4, 0.5) is 36.8 Å². The molecule has 3 heterocycles. The number of hydrogen-bond acceptors (Lipinski definition) is 7. The summed E-state index contributed by atoms with van der Waals surface area (Å²) >= 11 is 0. The van der Waals surface area contributed by atoms with Crippen molar-refractivity contribution in [3.8, 4) is 11.3 Å². The second kappa shape index (κ2) is 14.3. The molecule has 242 valence electrons. The van der Waals surface area contributed by atoms with Gasteiger partial charge in [0.05, 0.1) is 12.2 Å². The van der Waals surface area contributed by atoms with Crippen molar-refractivity contribution in [1.29, 1.82) is 0 Å². The fourth-order valence-electron chi connectivity index (χ4n) is 5.12. The third-order valence-electron chi connectivity index (χ3n) is 7.45. The summed E-state index contributed by atoms with van der Waals surface area (Å²) in [6, 6.07) is 17.3. The molecule has 1 aliphatic rings. The summed E-state index contributed by atoms with van der Waals surface area (Å²) in [5.41, 5.74) is 2.02. The molecule has 0 aliphatic carbocycles. The fourth-order valence-corrected chi connectivity index (χ4v) is 5.12. The molecule has 0 saturated carbocycles. The first kappa shape index (κ1) is 32.9. The summed E-state index contributed by atoms with van der Waals surface area (Å²) < 4.78 is 30.0. The lowest BCUT2D eigenvalue weighted by Gasteiger charge is -2.31. The number of aryl methyl sites for hydroxylation is 1. The van der Waals surface area contributed by atoms with Crippen LogP contribution >= 0.6 is 0 Å². The molecule has 3 aromatic carbocycles. The molecular formula is C35H36F2N8O2. The number of urea groups is 1. The van der Waals surface area contributed by atoms with Crippen molar-refractivity contribution in [3.05, 3.63) is 101 Å². The molecule has 2 aromatic heterocycles. The second-order valence-corrected chi connectivity index (χ2v) is 10.9. The first-order chi connectivity index (χ1) is 22.7. The van der Waals surface area contributed by atoms with E-state index in [0.29, 0.717) is 41.3 Å². The van der Waals surface area contributed by atoms with Crippen LogP contribution in [-0.4, -0.2) is 59.0 Å². The number of benzene rings is 3. The Kier molecular flexibility index (Phi) is 10.0. The van der Waals surface area contributed by atoms with Crippen molar-refractivity contribution >= 4 is 46.0 Å². The number of halogens is 2. The van der Waals surface area contributed by atoms with Gasteiger partial charge < -0.3 is 20.9 Å². The molecule has 1 aliphatic heterocycles. The summed E-state index contributed by atoms with van der Waals surface area (Å²) in [5, 5.41) is 10.6. The van der Waals surface area contributed by atoms with Gasteiger partial charge in [0.1, 0.15) is 23.1 Å². The van der Waals surface area contributed by atoms with Crippen molar-refractivity contribution in [1.82, 2.24) is 25.2 Å². The number of anilines is 4. The Labute approximate surface area is 271 Å². The zero-order chi connectivity index (χ0) is 33.7. The van der Waals surface area contributed by atoms with Crippen LogP contribution in [0.3, 0.4) is 0 Å². The van der Waals surface area contributed by atoms with Crippen LogP contribution in [0.2, 0.25) is 0 Å². The minimum Gasteiger partial charge on any atom is -0.353 e. The molecule has 0 unspecified atom stereocenters. The first-order valence-electron chi connectivity index (χ1n) is 15.3. The lowest BCUT2D eigenvalue weighted by molar-refractivity contribution is 0.102. The van der Waals surface area contributed by atoms with E-state index in [9.17, 15) is 9.59 Å². The van der Waals surface area contributed by atoms with Crippen LogP contribution in [-0.2, 0) is 6.54 Å². The first-order valence-corrected chi connectivity index (χ1v) is 15.3. The Morgan fingerprint density at radius 1 is 0.979 bits per heavy atom. The van der Waals surface area contributed by atoms with Crippen molar-refractivity contribution in [3.63, 3.8) is 0 Å². The Bertz CT molecular complexity index is 1930. The number of nitrogens with zero attached hydrogens (tertiary/aromatic N) is 5. The fraction of sp³-hybridized carbons (Fsp3) is 0.229. The van der Waals surface area contributed by atoms with Crippen LogP contribution in [0.15, 0.2) is 72.9 Å². The second-order valence-electron chi connectivity index (χ2n) is 10.9. The molecule has 6 rings (SSSR count). The van der Waals surface area contributed by atoms with Gasteiger partial charge in [0.15, 0.2) is 5.82 Å². The highest BCUT2D eigenvalue weighted by molar-refractivity contribution is 6.06. The molecule has 47 heavy (non-hydrogen) atoms. The summed E-state index contributed by atoms with van der Waals surface area (Å²) in [7, 11) is 3.84. The molecule has 3 amide bonds. The zero-order valence-electron chi connectivity index (χ0n) is 26.9. The molecule has 0 radical (unpaired) electrons. The summed E-state index contributed by atoms with van der Waals surface area (Å²) in [6.07, 6.45) is 1.70. The summed E-state index contributed by atoms with van der Waals surface area (Å²) in [6.45, 7) is 6.99. The number of pyridine rings is 1. The lowest BCUT2D eigenvalue weighted by atomic mass is 9.97. The van der Waals surface area contributed by atoms with Gasteiger partial charge in [0.25, 0.3) is 5.91 Å². The molecule has 0 saturated heterocycles. The maximum atomic E-state index is 15.0. The molecule has 0 spiro atoms. The van der Waals surface area contributed by atoms with Gasteiger partial charge in [0, 0.05) is 41.4 Å². The minimum atomic E-state index is -0.919. The lowest BCUT2D eigenvalue weighted by Crippen LogP contribution is -2.43.